The second-order valence-electron chi connectivity index (χ2n) is 2.09. The van der Waals surface area contributed by atoms with Crippen LogP contribution in [-0.2, 0) is 24.1 Å². The zero-order valence-corrected chi connectivity index (χ0v) is 7.76. The number of ether oxygens (including phenoxy) is 1. The van der Waals surface area contributed by atoms with E-state index in [0.29, 0.717) is 19.3 Å². The molecule has 80 valence electrons. The summed E-state index contributed by atoms with van der Waals surface area (Å²) in [6.07, 6.45) is 1.41. The zero-order chi connectivity index (χ0) is 10.8. The van der Waals surface area contributed by atoms with E-state index >= 15 is 0 Å². The van der Waals surface area contributed by atoms with Gasteiger partial charge in [0.25, 0.3) is 0 Å². The van der Waals surface area contributed by atoms with Crippen LogP contribution in [0.5, 0.6) is 0 Å². The predicted octanol–water partition coefficient (Wildman–Crippen LogP) is 0.138. The fourth-order valence-electron chi connectivity index (χ4n) is 0.504. The average Bonchev–Trinajstić information content (AvgIpc) is 2.14. The lowest BCUT2D eigenvalue weighted by Gasteiger charge is -2.00. The van der Waals surface area contributed by atoms with Crippen LogP contribution in [0.25, 0.3) is 0 Å². The molecule has 0 radical (unpaired) electrons. The normalized spacial score (nSPS) is 10.4. The van der Waals surface area contributed by atoms with Gasteiger partial charge >= 0.3 is 11.9 Å². The van der Waals surface area contributed by atoms with Crippen LogP contribution in [0.2, 0.25) is 0 Å². The minimum absolute atomic E-state index is 0.112. The predicted molar refractivity (Wildman–Crippen MR) is 45.3 cm³/mol. The minimum atomic E-state index is -1.23. The van der Waals surface area contributed by atoms with Crippen molar-refractivity contribution in [2.45, 2.75) is 6.92 Å². The Kier molecular flexibility index (Phi) is 7.39. The van der Waals surface area contributed by atoms with E-state index in [4.69, 9.17) is 9.84 Å². The molecule has 14 heavy (non-hydrogen) atoms. The summed E-state index contributed by atoms with van der Waals surface area (Å²) in [7, 11) is 0. The molecule has 0 atom stereocenters. The van der Waals surface area contributed by atoms with Gasteiger partial charge in [-0.1, -0.05) is 0 Å². The Balaban J connectivity index is 3.40. The number of aliphatic carboxylic acids is 1. The fraction of sp³-hybridized carbons (Fsp3) is 0.500. The molecule has 6 nitrogen and oxygen atoms in total. The Labute approximate surface area is 81.0 Å². The maximum Gasteiger partial charge on any atom is 0.366 e. The largest absolute Gasteiger partial charge is 0.478 e. The fourth-order valence-corrected chi connectivity index (χ4v) is 0.504. The van der Waals surface area contributed by atoms with Crippen LogP contribution in [0, 0.1) is 0 Å². The summed E-state index contributed by atoms with van der Waals surface area (Å²) in [4.78, 5) is 29.2. The molecule has 0 aliphatic rings. The Morgan fingerprint density at radius 2 is 2.00 bits per heavy atom. The summed E-state index contributed by atoms with van der Waals surface area (Å²) in [5, 5.41) is 8.15. The van der Waals surface area contributed by atoms with E-state index in [2.05, 4.69) is 9.78 Å². The first-order valence-electron chi connectivity index (χ1n) is 3.99. The van der Waals surface area contributed by atoms with Crippen LogP contribution in [-0.4, -0.2) is 36.9 Å². The van der Waals surface area contributed by atoms with Crippen molar-refractivity contribution in [3.05, 3.63) is 12.2 Å². The number of carboxylic acid groups (broad SMARTS) is 1. The van der Waals surface area contributed by atoms with Crippen molar-refractivity contribution >= 4 is 11.9 Å². The summed E-state index contributed by atoms with van der Waals surface area (Å²) >= 11 is 0. The number of carbonyl (C=O) groups excluding carboxylic acids is 1. The van der Waals surface area contributed by atoms with Crippen molar-refractivity contribution in [3.63, 3.8) is 0 Å². The first-order chi connectivity index (χ1) is 6.66. The van der Waals surface area contributed by atoms with Gasteiger partial charge in [-0.3, -0.25) is 4.89 Å². The van der Waals surface area contributed by atoms with Crippen LogP contribution >= 0.6 is 0 Å². The third-order valence-corrected chi connectivity index (χ3v) is 1.02. The van der Waals surface area contributed by atoms with E-state index in [9.17, 15) is 9.59 Å². The van der Waals surface area contributed by atoms with E-state index in [0.717, 1.165) is 6.08 Å². The highest BCUT2D eigenvalue weighted by Gasteiger charge is 1.98. The Morgan fingerprint density at radius 3 is 2.57 bits per heavy atom. The van der Waals surface area contributed by atoms with Gasteiger partial charge in [0, 0.05) is 18.8 Å². The van der Waals surface area contributed by atoms with Crippen molar-refractivity contribution in [3.8, 4) is 0 Å². The molecule has 0 spiro atoms. The lowest BCUT2D eigenvalue weighted by atomic mass is 10.5. The van der Waals surface area contributed by atoms with Gasteiger partial charge in [-0.2, -0.15) is 4.89 Å². The number of hydrogen-bond donors (Lipinski definition) is 1. The summed E-state index contributed by atoms with van der Waals surface area (Å²) in [6.45, 7) is 2.80. The summed E-state index contributed by atoms with van der Waals surface area (Å²) in [5.74, 6) is -2.10. The maximum atomic E-state index is 10.6. The molecule has 0 aliphatic carbocycles. The van der Waals surface area contributed by atoms with Crippen molar-refractivity contribution in [2.24, 2.45) is 0 Å². The van der Waals surface area contributed by atoms with Crippen molar-refractivity contribution in [1.29, 1.82) is 0 Å². The quantitative estimate of drug-likeness (QED) is 0.275. The monoisotopic (exact) mass is 204 g/mol. The van der Waals surface area contributed by atoms with Crippen molar-refractivity contribution in [1.82, 2.24) is 0 Å². The van der Waals surface area contributed by atoms with E-state index < -0.39 is 11.9 Å². The molecule has 0 aromatic carbocycles. The third-order valence-electron chi connectivity index (χ3n) is 1.02. The molecule has 0 fully saturated rings. The highest BCUT2D eigenvalue weighted by molar-refractivity contribution is 5.90. The first kappa shape index (κ1) is 12.6. The Morgan fingerprint density at radius 1 is 1.29 bits per heavy atom. The first-order valence-corrected chi connectivity index (χ1v) is 3.99. The second-order valence-corrected chi connectivity index (χ2v) is 2.09. The third kappa shape index (κ3) is 8.69. The van der Waals surface area contributed by atoms with E-state index in [-0.39, 0.29) is 6.61 Å². The highest BCUT2D eigenvalue weighted by atomic mass is 17.2. The number of rotatable bonds is 7. The summed E-state index contributed by atoms with van der Waals surface area (Å²) in [6, 6.07) is 0. The van der Waals surface area contributed by atoms with Gasteiger partial charge in [-0.25, -0.2) is 9.59 Å². The molecule has 0 bridgehead atoms. The Bertz CT molecular complexity index is 210. The molecule has 6 heteroatoms. The van der Waals surface area contributed by atoms with Crippen LogP contribution in [0.4, 0.5) is 0 Å². The van der Waals surface area contributed by atoms with E-state index in [1.54, 1.807) is 0 Å². The molecular formula is C8H12O6. The van der Waals surface area contributed by atoms with Crippen LogP contribution < -0.4 is 0 Å². The van der Waals surface area contributed by atoms with Gasteiger partial charge in [0.1, 0.15) is 6.61 Å². The Hall–Kier alpha value is -1.40. The lowest BCUT2D eigenvalue weighted by Crippen LogP contribution is -2.08. The molecule has 1 N–H and O–H groups in total. The molecule has 0 heterocycles. The molecule has 0 saturated carbocycles. The number of hydrogen-bond acceptors (Lipinski definition) is 5. The van der Waals surface area contributed by atoms with Gasteiger partial charge < -0.3 is 9.84 Å². The smallest absolute Gasteiger partial charge is 0.366 e. The van der Waals surface area contributed by atoms with Gasteiger partial charge in [-0.15, -0.1) is 0 Å². The van der Waals surface area contributed by atoms with Crippen molar-refractivity contribution in [2.75, 3.05) is 19.8 Å². The van der Waals surface area contributed by atoms with E-state index in [1.807, 2.05) is 6.92 Å². The zero-order valence-electron chi connectivity index (χ0n) is 7.76. The average molecular weight is 204 g/mol. The van der Waals surface area contributed by atoms with Crippen LogP contribution in [0.15, 0.2) is 12.2 Å². The molecule has 0 saturated heterocycles. The molecule has 0 amide bonds. The molecule has 0 aromatic heterocycles. The highest BCUT2D eigenvalue weighted by Crippen LogP contribution is 1.85. The molecule has 0 aliphatic heterocycles. The SMILES string of the molecule is CCOCCOOC(=O)/C=C\C(=O)O. The van der Waals surface area contributed by atoms with E-state index in [1.165, 1.54) is 0 Å². The van der Waals surface area contributed by atoms with Crippen molar-refractivity contribution < 1.29 is 29.2 Å². The van der Waals surface area contributed by atoms with Gasteiger partial charge in [0.05, 0.1) is 6.61 Å². The van der Waals surface area contributed by atoms with Crippen LogP contribution in [0.3, 0.4) is 0 Å². The minimum Gasteiger partial charge on any atom is -0.478 e. The standard InChI is InChI=1S/C8H12O6/c1-2-12-5-6-13-14-8(11)4-3-7(9)10/h3-4H,2,5-6H2,1H3,(H,9,10)/b4-3-. The molecule has 0 unspecified atom stereocenters. The summed E-state index contributed by atoms with van der Waals surface area (Å²) < 4.78 is 4.89. The number of carboxylic acids is 1. The van der Waals surface area contributed by atoms with Gasteiger partial charge in [0.2, 0.25) is 0 Å². The molecule has 0 rings (SSSR count). The van der Waals surface area contributed by atoms with Crippen LogP contribution in [0.1, 0.15) is 6.92 Å². The summed E-state index contributed by atoms with van der Waals surface area (Å²) in [5.41, 5.74) is 0. The maximum absolute atomic E-state index is 10.6. The van der Waals surface area contributed by atoms with Gasteiger partial charge in [0.15, 0.2) is 0 Å². The molecular weight excluding hydrogens is 192 g/mol. The lowest BCUT2D eigenvalue weighted by molar-refractivity contribution is -0.271. The van der Waals surface area contributed by atoms with Gasteiger partial charge in [-0.05, 0) is 6.92 Å². The topological polar surface area (TPSA) is 82.1 Å². The second kappa shape index (κ2) is 8.21. The molecule has 0 aromatic rings. The number of carbonyl (C=O) groups is 2.